The molecule has 3 rings (SSSR count). The van der Waals surface area contributed by atoms with E-state index in [1.807, 2.05) is 11.8 Å². The zero-order valence-corrected chi connectivity index (χ0v) is 11.7. The Morgan fingerprint density at radius 3 is 2.45 bits per heavy atom. The van der Waals surface area contributed by atoms with Crippen molar-refractivity contribution in [3.05, 3.63) is 46.8 Å². The maximum Gasteiger partial charge on any atom is 0.250 e. The van der Waals surface area contributed by atoms with E-state index in [4.69, 9.17) is 0 Å². The largest absolute Gasteiger partial charge is 0.332 e. The third-order valence-corrected chi connectivity index (χ3v) is 4.04. The zero-order valence-electron chi connectivity index (χ0n) is 11.7. The fraction of sp³-hybridized carbons (Fsp3) is 0.438. The standard InChI is InChI=1S/C16H19FN2O/c1-11(13-8-18-9-13)16(20)19(15-6-7-15)10-12-2-4-14(17)5-3-12/h2-5,15,18H,6-10H2,1H3. The second-order valence-electron chi connectivity index (χ2n) is 5.62. The zero-order chi connectivity index (χ0) is 14.1. The summed E-state index contributed by atoms with van der Waals surface area (Å²) in [5.74, 6) is -0.106. The molecule has 3 nitrogen and oxygen atoms in total. The molecule has 1 saturated carbocycles. The average molecular weight is 274 g/mol. The van der Waals surface area contributed by atoms with Gasteiger partial charge in [0.15, 0.2) is 0 Å². The predicted molar refractivity (Wildman–Crippen MR) is 75.5 cm³/mol. The van der Waals surface area contributed by atoms with Crippen LogP contribution in [0.2, 0.25) is 0 Å². The molecule has 4 heteroatoms. The van der Waals surface area contributed by atoms with Crippen LogP contribution in [-0.2, 0) is 11.3 Å². The van der Waals surface area contributed by atoms with Crippen molar-refractivity contribution in [1.82, 2.24) is 10.2 Å². The molecule has 0 spiro atoms. The summed E-state index contributed by atoms with van der Waals surface area (Å²) >= 11 is 0. The van der Waals surface area contributed by atoms with Gasteiger partial charge in [-0.05, 0) is 43.0 Å². The van der Waals surface area contributed by atoms with Gasteiger partial charge in [-0.2, -0.15) is 0 Å². The van der Waals surface area contributed by atoms with Crippen molar-refractivity contribution in [3.63, 3.8) is 0 Å². The summed E-state index contributed by atoms with van der Waals surface area (Å²) in [7, 11) is 0. The van der Waals surface area contributed by atoms with Crippen LogP contribution in [0, 0.1) is 5.82 Å². The summed E-state index contributed by atoms with van der Waals surface area (Å²) in [6.45, 7) is 4.14. The van der Waals surface area contributed by atoms with Gasteiger partial charge in [0.2, 0.25) is 5.91 Å². The highest BCUT2D eigenvalue weighted by Gasteiger charge is 2.34. The minimum absolute atomic E-state index is 0.133. The van der Waals surface area contributed by atoms with Crippen LogP contribution < -0.4 is 5.32 Å². The molecule has 0 aromatic heterocycles. The Bertz CT molecular complexity index is 540. The fourth-order valence-corrected chi connectivity index (χ4v) is 2.42. The SMILES string of the molecule is CC(C(=O)N(Cc1ccc(F)cc1)C1CC1)=C1CNC1. The van der Waals surface area contributed by atoms with E-state index in [1.165, 1.54) is 17.7 Å². The third kappa shape index (κ3) is 2.75. The Morgan fingerprint density at radius 2 is 1.95 bits per heavy atom. The van der Waals surface area contributed by atoms with Crippen LogP contribution in [0.1, 0.15) is 25.3 Å². The summed E-state index contributed by atoms with van der Waals surface area (Å²) in [5.41, 5.74) is 3.06. The minimum atomic E-state index is -0.239. The molecule has 0 radical (unpaired) electrons. The van der Waals surface area contributed by atoms with Crippen LogP contribution in [0.25, 0.3) is 0 Å². The van der Waals surface area contributed by atoms with Gasteiger partial charge in [0, 0.05) is 31.2 Å². The molecular formula is C16H19FN2O. The van der Waals surface area contributed by atoms with Crippen LogP contribution >= 0.6 is 0 Å². The third-order valence-electron chi connectivity index (χ3n) is 4.04. The van der Waals surface area contributed by atoms with Gasteiger partial charge in [-0.15, -0.1) is 0 Å². The maximum absolute atomic E-state index is 12.9. The monoisotopic (exact) mass is 274 g/mol. The molecule has 0 atom stereocenters. The Balaban J connectivity index is 1.75. The molecule has 1 aromatic rings. The van der Waals surface area contributed by atoms with Gasteiger partial charge in [0.1, 0.15) is 5.82 Å². The molecule has 1 aromatic carbocycles. The first-order valence-electron chi connectivity index (χ1n) is 7.10. The molecule has 2 fully saturated rings. The molecule has 0 unspecified atom stereocenters. The van der Waals surface area contributed by atoms with Crippen molar-refractivity contribution in [2.45, 2.75) is 32.4 Å². The van der Waals surface area contributed by atoms with Crippen LogP contribution in [0.5, 0.6) is 0 Å². The normalized spacial score (nSPS) is 17.6. The van der Waals surface area contributed by atoms with Gasteiger partial charge in [0.25, 0.3) is 0 Å². The topological polar surface area (TPSA) is 32.3 Å². The Labute approximate surface area is 118 Å². The number of nitrogens with zero attached hydrogens (tertiary/aromatic N) is 1. The lowest BCUT2D eigenvalue weighted by atomic mass is 10.0. The van der Waals surface area contributed by atoms with Crippen molar-refractivity contribution >= 4 is 5.91 Å². The first-order chi connectivity index (χ1) is 9.65. The number of nitrogens with one attached hydrogen (secondary N) is 1. The fourth-order valence-electron chi connectivity index (χ4n) is 2.42. The summed E-state index contributed by atoms with van der Waals surface area (Å²) in [4.78, 5) is 14.5. The maximum atomic E-state index is 12.9. The quantitative estimate of drug-likeness (QED) is 0.854. The highest BCUT2D eigenvalue weighted by Crippen LogP contribution is 2.30. The number of halogens is 1. The van der Waals surface area contributed by atoms with Crippen molar-refractivity contribution in [3.8, 4) is 0 Å². The van der Waals surface area contributed by atoms with Gasteiger partial charge >= 0.3 is 0 Å². The Hall–Kier alpha value is -1.68. The lowest BCUT2D eigenvalue weighted by molar-refractivity contribution is -0.128. The van der Waals surface area contributed by atoms with Crippen molar-refractivity contribution in [2.24, 2.45) is 0 Å². The molecule has 0 bridgehead atoms. The van der Waals surface area contributed by atoms with Crippen molar-refractivity contribution < 1.29 is 9.18 Å². The molecule has 1 aliphatic carbocycles. The van der Waals surface area contributed by atoms with E-state index in [9.17, 15) is 9.18 Å². The smallest absolute Gasteiger partial charge is 0.250 e. The van der Waals surface area contributed by atoms with E-state index in [-0.39, 0.29) is 11.7 Å². The molecule has 1 aliphatic heterocycles. The lowest BCUT2D eigenvalue weighted by Gasteiger charge is -2.27. The van der Waals surface area contributed by atoms with Crippen molar-refractivity contribution in [2.75, 3.05) is 13.1 Å². The van der Waals surface area contributed by atoms with Gasteiger partial charge in [0.05, 0.1) is 0 Å². The molecule has 1 saturated heterocycles. The number of carbonyl (C=O) groups is 1. The molecule has 106 valence electrons. The minimum Gasteiger partial charge on any atom is -0.332 e. The first-order valence-corrected chi connectivity index (χ1v) is 7.10. The van der Waals surface area contributed by atoms with Crippen LogP contribution in [-0.4, -0.2) is 29.9 Å². The highest BCUT2D eigenvalue weighted by molar-refractivity contribution is 5.94. The molecule has 1 N–H and O–H groups in total. The summed E-state index contributed by atoms with van der Waals surface area (Å²) in [5, 5.41) is 3.17. The number of rotatable bonds is 4. The first kappa shape index (κ1) is 13.3. The Kier molecular flexibility index (Phi) is 3.57. The van der Waals surface area contributed by atoms with E-state index in [0.717, 1.165) is 37.1 Å². The summed E-state index contributed by atoms with van der Waals surface area (Å²) < 4.78 is 12.9. The van der Waals surface area contributed by atoms with Gasteiger partial charge in [-0.1, -0.05) is 12.1 Å². The van der Waals surface area contributed by atoms with Gasteiger partial charge < -0.3 is 10.2 Å². The molecule has 1 amide bonds. The lowest BCUT2D eigenvalue weighted by Crippen LogP contribution is -2.39. The number of carbonyl (C=O) groups excluding carboxylic acids is 1. The van der Waals surface area contributed by atoms with E-state index >= 15 is 0 Å². The summed E-state index contributed by atoms with van der Waals surface area (Å²) in [6, 6.07) is 6.77. The number of amides is 1. The van der Waals surface area contributed by atoms with E-state index in [2.05, 4.69) is 5.32 Å². The van der Waals surface area contributed by atoms with Gasteiger partial charge in [-0.25, -0.2) is 4.39 Å². The second-order valence-corrected chi connectivity index (χ2v) is 5.62. The molecule has 1 heterocycles. The number of hydrogen-bond donors (Lipinski definition) is 1. The van der Waals surface area contributed by atoms with Gasteiger partial charge in [-0.3, -0.25) is 4.79 Å². The molecule has 2 aliphatic rings. The van der Waals surface area contributed by atoms with Crippen molar-refractivity contribution in [1.29, 1.82) is 0 Å². The number of hydrogen-bond acceptors (Lipinski definition) is 2. The Morgan fingerprint density at radius 1 is 1.30 bits per heavy atom. The molecule has 20 heavy (non-hydrogen) atoms. The van der Waals surface area contributed by atoms with Crippen LogP contribution in [0.4, 0.5) is 4.39 Å². The van der Waals surface area contributed by atoms with E-state index < -0.39 is 0 Å². The van der Waals surface area contributed by atoms with Crippen LogP contribution in [0.15, 0.2) is 35.4 Å². The molecular weight excluding hydrogens is 255 g/mol. The average Bonchev–Trinajstić information content (AvgIpc) is 3.19. The van der Waals surface area contributed by atoms with Crippen LogP contribution in [0.3, 0.4) is 0 Å². The summed E-state index contributed by atoms with van der Waals surface area (Å²) in [6.07, 6.45) is 2.15. The van der Waals surface area contributed by atoms with E-state index in [1.54, 1.807) is 12.1 Å². The second kappa shape index (κ2) is 5.37. The number of benzene rings is 1. The van der Waals surface area contributed by atoms with E-state index in [0.29, 0.717) is 12.6 Å². The highest BCUT2D eigenvalue weighted by atomic mass is 19.1. The predicted octanol–water partition coefficient (Wildman–Crippen LogP) is 2.24.